The zero-order chi connectivity index (χ0) is 27.8. The van der Waals surface area contributed by atoms with E-state index in [4.69, 9.17) is 0 Å². The molecule has 0 radical (unpaired) electrons. The molecule has 0 bridgehead atoms. The minimum atomic E-state index is -1.02. The van der Waals surface area contributed by atoms with Crippen LogP contribution in [0.1, 0.15) is 39.0 Å². The number of carbonyl (C=O) groups is 2. The van der Waals surface area contributed by atoms with Crippen molar-refractivity contribution < 1.29 is 14.7 Å². The monoisotopic (exact) mass is 566 g/mol. The number of nitrogens with zero attached hydrogens (tertiary/aromatic N) is 1. The summed E-state index contributed by atoms with van der Waals surface area (Å²) in [6, 6.07) is 25.5. The Bertz CT molecular complexity index is 1420. The molecule has 0 fully saturated rings. The summed E-state index contributed by atoms with van der Waals surface area (Å²) in [6.45, 7) is 5.59. The Hall–Kier alpha value is -2.95. The number of nitrogens with one attached hydrogen (secondary N) is 1. The first-order valence-electron chi connectivity index (χ1n) is 12.9. The molecule has 3 aromatic carbocycles. The molecule has 1 aromatic heterocycles. The number of thiophene rings is 1. The number of hydrogen-bond acceptors (Lipinski definition) is 5. The number of carboxylic acids is 1. The molecule has 4 aromatic rings. The Morgan fingerprint density at radius 1 is 0.900 bits per heavy atom. The first-order chi connectivity index (χ1) is 18.9. The van der Waals surface area contributed by atoms with Gasteiger partial charge in [-0.3, -0.25) is 4.79 Å². The number of carboxylic acid groups (broad SMARTS) is 1. The van der Waals surface area contributed by atoms with Crippen LogP contribution in [-0.4, -0.2) is 53.9 Å². The second kappa shape index (κ2) is 15.2. The van der Waals surface area contributed by atoms with Gasteiger partial charge in [0.05, 0.1) is 5.00 Å². The van der Waals surface area contributed by atoms with Gasteiger partial charge in [-0.15, -0.1) is 11.3 Å². The van der Waals surface area contributed by atoms with E-state index in [1.54, 1.807) is 23.1 Å². The van der Waals surface area contributed by atoms with Crippen LogP contribution in [0.3, 0.4) is 0 Å². The van der Waals surface area contributed by atoms with Crippen LogP contribution >= 0.6 is 23.1 Å². The summed E-state index contributed by atoms with van der Waals surface area (Å²) in [7, 11) is 0. The van der Waals surface area contributed by atoms with E-state index in [9.17, 15) is 14.7 Å². The van der Waals surface area contributed by atoms with Crippen molar-refractivity contribution in [3.8, 4) is 11.1 Å². The van der Waals surface area contributed by atoms with Crippen LogP contribution in [0.2, 0.25) is 0 Å². The third-order valence-corrected chi connectivity index (χ3v) is 8.41. The first kappa shape index (κ1) is 31.6. The number of aryl methyl sites for hydroxylation is 2. The standard InChI is InChI=1S/C32H34N2O3S2.Li.H/c1-22-9-7-8-12-26(22)28-19-25(13-14-27(28)30(35)33-29(32(36)37)16-17-38-3)21-34(31-23(2)15-18-39-31)20-24-10-5-4-6-11-24;;/h4-15,18-19,29H,16-17,20-21H2,1-3H3,(H,33,35)(H,36,37);;. The minimum absolute atomic E-state index is 0. The second-order valence-corrected chi connectivity index (χ2v) is 11.5. The van der Waals surface area contributed by atoms with Gasteiger partial charge in [0.15, 0.2) is 0 Å². The fourth-order valence-corrected chi connectivity index (χ4v) is 6.03. The van der Waals surface area contributed by atoms with Crippen molar-refractivity contribution in [2.24, 2.45) is 0 Å². The average molecular weight is 567 g/mol. The number of hydrogen-bond donors (Lipinski definition) is 2. The van der Waals surface area contributed by atoms with E-state index >= 15 is 0 Å². The summed E-state index contributed by atoms with van der Waals surface area (Å²) in [4.78, 5) is 27.6. The Morgan fingerprint density at radius 3 is 2.25 bits per heavy atom. The van der Waals surface area contributed by atoms with Gasteiger partial charge in [0, 0.05) is 18.7 Å². The molecule has 40 heavy (non-hydrogen) atoms. The van der Waals surface area contributed by atoms with Gasteiger partial charge in [-0.2, -0.15) is 11.8 Å². The Labute approximate surface area is 257 Å². The molecule has 0 saturated heterocycles. The molecule has 204 valence electrons. The molecule has 0 spiro atoms. The fourth-order valence-electron chi connectivity index (χ4n) is 4.63. The van der Waals surface area contributed by atoms with Crippen LogP contribution < -0.4 is 10.2 Å². The molecule has 5 nitrogen and oxygen atoms in total. The molecular weight excluding hydrogens is 531 g/mol. The maximum atomic E-state index is 13.4. The Kier molecular flexibility index (Phi) is 12.0. The van der Waals surface area contributed by atoms with E-state index in [0.717, 1.165) is 28.8 Å². The van der Waals surface area contributed by atoms with E-state index < -0.39 is 12.0 Å². The SMILES string of the molecule is CSCCC(NC(=O)c1ccc(CN(Cc2ccccc2)c2sccc2C)cc1-c1ccccc1C)C(=O)O.[LiH]. The second-order valence-electron chi connectivity index (χ2n) is 9.59. The molecule has 0 aliphatic carbocycles. The molecule has 4 rings (SSSR count). The number of amides is 1. The zero-order valence-corrected chi connectivity index (χ0v) is 24.1. The third kappa shape index (κ3) is 8.05. The van der Waals surface area contributed by atoms with E-state index in [1.807, 2.05) is 55.6 Å². The van der Waals surface area contributed by atoms with Gasteiger partial charge in [0.1, 0.15) is 6.04 Å². The number of aliphatic carboxylic acids is 1. The summed E-state index contributed by atoms with van der Waals surface area (Å²) in [5, 5.41) is 15.8. The van der Waals surface area contributed by atoms with E-state index in [2.05, 4.69) is 58.9 Å². The fraction of sp³-hybridized carbons (Fsp3) is 0.250. The number of benzene rings is 3. The van der Waals surface area contributed by atoms with Crippen LogP contribution in [-0.2, 0) is 17.9 Å². The van der Waals surface area contributed by atoms with Crippen molar-refractivity contribution in [3.05, 3.63) is 112 Å². The summed E-state index contributed by atoms with van der Waals surface area (Å²) >= 11 is 3.29. The molecule has 1 heterocycles. The number of rotatable bonds is 12. The quantitative estimate of drug-likeness (QED) is 0.191. The molecule has 0 aliphatic heterocycles. The number of anilines is 1. The van der Waals surface area contributed by atoms with Crippen LogP contribution in [0.15, 0.2) is 84.2 Å². The Morgan fingerprint density at radius 2 is 1.60 bits per heavy atom. The molecular formula is C32H35LiN2O3S2. The zero-order valence-electron chi connectivity index (χ0n) is 22.5. The van der Waals surface area contributed by atoms with Crippen molar-refractivity contribution in [2.45, 2.75) is 39.4 Å². The summed E-state index contributed by atoms with van der Waals surface area (Å²) < 4.78 is 0. The van der Waals surface area contributed by atoms with Gasteiger partial charge < -0.3 is 15.3 Å². The molecule has 1 atom stereocenters. The predicted octanol–water partition coefficient (Wildman–Crippen LogP) is 6.53. The van der Waals surface area contributed by atoms with Crippen molar-refractivity contribution in [1.29, 1.82) is 0 Å². The molecule has 0 aliphatic rings. The van der Waals surface area contributed by atoms with Crippen molar-refractivity contribution in [2.75, 3.05) is 16.9 Å². The third-order valence-electron chi connectivity index (χ3n) is 6.69. The summed E-state index contributed by atoms with van der Waals surface area (Å²) in [6.07, 6.45) is 2.29. The van der Waals surface area contributed by atoms with Gasteiger partial charge in [-0.25, -0.2) is 4.79 Å². The average Bonchev–Trinajstić information content (AvgIpc) is 3.37. The van der Waals surface area contributed by atoms with Crippen LogP contribution in [0, 0.1) is 13.8 Å². The molecule has 2 N–H and O–H groups in total. The van der Waals surface area contributed by atoms with Gasteiger partial charge in [0.25, 0.3) is 5.91 Å². The van der Waals surface area contributed by atoms with Gasteiger partial charge in [-0.1, -0.05) is 60.7 Å². The topological polar surface area (TPSA) is 69.6 Å². The van der Waals surface area contributed by atoms with Crippen molar-refractivity contribution in [1.82, 2.24) is 5.32 Å². The Balaban J connectivity index is 0.00000441. The van der Waals surface area contributed by atoms with Crippen LogP contribution in [0.5, 0.6) is 0 Å². The van der Waals surface area contributed by atoms with Gasteiger partial charge >= 0.3 is 24.8 Å². The molecule has 1 amide bonds. The molecule has 8 heteroatoms. The van der Waals surface area contributed by atoms with Crippen LogP contribution in [0.25, 0.3) is 11.1 Å². The number of carbonyl (C=O) groups excluding carboxylic acids is 1. The summed E-state index contributed by atoms with van der Waals surface area (Å²) in [5.41, 5.74) is 6.83. The normalized spacial score (nSPS) is 11.4. The summed E-state index contributed by atoms with van der Waals surface area (Å²) in [5.74, 6) is -0.738. The maximum absolute atomic E-state index is 13.4. The van der Waals surface area contributed by atoms with E-state index in [-0.39, 0.29) is 24.8 Å². The van der Waals surface area contributed by atoms with Crippen molar-refractivity contribution in [3.63, 3.8) is 0 Å². The van der Waals surface area contributed by atoms with Crippen molar-refractivity contribution >= 4 is 58.8 Å². The van der Waals surface area contributed by atoms with Gasteiger partial charge in [-0.05, 0) is 89.2 Å². The van der Waals surface area contributed by atoms with E-state index in [1.165, 1.54) is 16.1 Å². The first-order valence-corrected chi connectivity index (χ1v) is 15.2. The molecule has 1 unspecified atom stereocenters. The number of thioether (sulfide) groups is 1. The molecule has 0 saturated carbocycles. The van der Waals surface area contributed by atoms with Crippen LogP contribution in [0.4, 0.5) is 5.00 Å². The van der Waals surface area contributed by atoms with E-state index in [0.29, 0.717) is 24.3 Å². The predicted molar refractivity (Wildman–Crippen MR) is 171 cm³/mol. The van der Waals surface area contributed by atoms with Gasteiger partial charge in [0.2, 0.25) is 0 Å².